The van der Waals surface area contributed by atoms with E-state index in [9.17, 15) is 0 Å². The minimum Gasteiger partial charge on any atom is -0.497 e. The van der Waals surface area contributed by atoms with Crippen LogP contribution < -0.4 is 9.47 Å². The summed E-state index contributed by atoms with van der Waals surface area (Å²) in [7, 11) is 3.52. The molecule has 3 atom stereocenters. The molecule has 0 saturated carbocycles. The maximum absolute atomic E-state index is 5.64. The van der Waals surface area contributed by atoms with E-state index < -0.39 is 0 Å². The van der Waals surface area contributed by atoms with E-state index in [1.165, 1.54) is 37.1 Å². The number of likely N-dealkylation sites (tertiary alicyclic amines) is 1. The SMILES string of the molecule is COc1ccc([C@@H]2CN(Cc3ccccc3OC)[C@@H]3C4CCN(CC4)[C@@H]32)cc1. The molecule has 2 aromatic rings. The number of hydrogen-bond donors (Lipinski definition) is 0. The van der Waals surface area contributed by atoms with Crippen LogP contribution in [0.25, 0.3) is 0 Å². The molecule has 6 rings (SSSR count). The van der Waals surface area contributed by atoms with Gasteiger partial charge in [-0.1, -0.05) is 30.3 Å². The quantitative estimate of drug-likeness (QED) is 0.791. The number of ether oxygens (including phenoxy) is 2. The number of piperidine rings is 3. The largest absolute Gasteiger partial charge is 0.497 e. The molecule has 2 aromatic carbocycles. The van der Waals surface area contributed by atoms with Gasteiger partial charge in [-0.05, 0) is 55.6 Å². The predicted molar refractivity (Wildman–Crippen MR) is 111 cm³/mol. The van der Waals surface area contributed by atoms with Gasteiger partial charge in [-0.25, -0.2) is 0 Å². The van der Waals surface area contributed by atoms with Crippen LogP contribution in [-0.2, 0) is 6.54 Å². The molecule has 4 saturated heterocycles. The fraction of sp³-hybridized carbons (Fsp3) is 0.500. The molecule has 4 nitrogen and oxygen atoms in total. The number of benzene rings is 2. The molecule has 0 unspecified atom stereocenters. The van der Waals surface area contributed by atoms with Crippen molar-refractivity contribution < 1.29 is 9.47 Å². The van der Waals surface area contributed by atoms with Crippen molar-refractivity contribution in [2.75, 3.05) is 33.9 Å². The van der Waals surface area contributed by atoms with E-state index in [-0.39, 0.29) is 0 Å². The maximum Gasteiger partial charge on any atom is 0.123 e. The minimum atomic E-state index is 0.564. The van der Waals surface area contributed by atoms with Gasteiger partial charge in [-0.2, -0.15) is 0 Å². The van der Waals surface area contributed by atoms with E-state index >= 15 is 0 Å². The van der Waals surface area contributed by atoms with Gasteiger partial charge in [0.05, 0.1) is 14.2 Å². The zero-order chi connectivity index (χ0) is 19.1. The molecular formula is C24H30N2O2. The monoisotopic (exact) mass is 378 g/mol. The third-order valence-electron chi connectivity index (χ3n) is 7.20. The lowest BCUT2D eigenvalue weighted by molar-refractivity contribution is -0.00883. The summed E-state index contributed by atoms with van der Waals surface area (Å²) in [5, 5.41) is 0. The van der Waals surface area contributed by atoms with Crippen LogP contribution in [0.5, 0.6) is 11.5 Å². The molecule has 4 heteroatoms. The normalized spacial score (nSPS) is 31.6. The summed E-state index contributed by atoms with van der Waals surface area (Å²) in [6, 6.07) is 18.6. The molecule has 28 heavy (non-hydrogen) atoms. The lowest BCUT2D eigenvalue weighted by Crippen LogP contribution is -2.59. The van der Waals surface area contributed by atoms with Gasteiger partial charge in [-0.15, -0.1) is 0 Å². The van der Waals surface area contributed by atoms with Gasteiger partial charge in [0, 0.05) is 36.7 Å². The van der Waals surface area contributed by atoms with Gasteiger partial charge < -0.3 is 9.47 Å². The van der Waals surface area contributed by atoms with Crippen LogP contribution in [0.3, 0.4) is 0 Å². The van der Waals surface area contributed by atoms with Crippen LogP contribution in [0.4, 0.5) is 0 Å². The number of nitrogens with zero attached hydrogens (tertiary/aromatic N) is 2. The van der Waals surface area contributed by atoms with Gasteiger partial charge >= 0.3 is 0 Å². The fourth-order valence-corrected chi connectivity index (χ4v) is 5.92. The number of hydrogen-bond acceptors (Lipinski definition) is 4. The number of para-hydroxylation sites is 1. The Bertz CT molecular complexity index is 814. The molecule has 4 heterocycles. The average Bonchev–Trinajstić information content (AvgIpc) is 3.16. The van der Waals surface area contributed by atoms with Gasteiger partial charge in [0.15, 0.2) is 0 Å². The van der Waals surface area contributed by atoms with Crippen molar-refractivity contribution in [3.8, 4) is 11.5 Å². The Labute approximate surface area is 168 Å². The first kappa shape index (κ1) is 18.0. The molecule has 4 aliphatic heterocycles. The summed E-state index contributed by atoms with van der Waals surface area (Å²) >= 11 is 0. The Morgan fingerprint density at radius 1 is 0.893 bits per heavy atom. The first-order valence-corrected chi connectivity index (χ1v) is 10.5. The van der Waals surface area contributed by atoms with Crippen molar-refractivity contribution in [3.05, 3.63) is 59.7 Å². The second kappa shape index (κ2) is 7.41. The molecule has 0 aromatic heterocycles. The van der Waals surface area contributed by atoms with Crippen LogP contribution in [0.15, 0.2) is 48.5 Å². The number of fused-ring (bicyclic) bond motifs is 2. The van der Waals surface area contributed by atoms with Crippen LogP contribution in [0.2, 0.25) is 0 Å². The molecule has 2 bridgehead atoms. The maximum atomic E-state index is 5.64. The Morgan fingerprint density at radius 3 is 2.36 bits per heavy atom. The first-order valence-electron chi connectivity index (χ1n) is 10.5. The summed E-state index contributed by atoms with van der Waals surface area (Å²) < 4.78 is 11.0. The Balaban J connectivity index is 1.46. The van der Waals surface area contributed by atoms with Gasteiger partial charge in [-0.3, -0.25) is 9.80 Å². The molecule has 0 radical (unpaired) electrons. The standard InChI is InChI=1S/C24H30N2O2/c1-27-20-9-7-17(8-10-20)21-16-26(15-19-5-3-4-6-22(19)28-2)23-18-11-13-25(14-12-18)24(21)23/h3-10,18,21,23-24H,11-16H2,1-2H3/t21-,23+,24+/m0/s1. The van der Waals surface area contributed by atoms with Crippen LogP contribution >= 0.6 is 0 Å². The van der Waals surface area contributed by atoms with Crippen molar-refractivity contribution >= 4 is 0 Å². The van der Waals surface area contributed by atoms with Crippen molar-refractivity contribution in [2.24, 2.45) is 5.92 Å². The molecule has 4 fully saturated rings. The van der Waals surface area contributed by atoms with Crippen LogP contribution in [0, 0.1) is 5.92 Å². The number of methoxy groups -OCH3 is 2. The molecule has 0 amide bonds. The lowest BCUT2D eigenvalue weighted by Gasteiger charge is -2.51. The number of rotatable bonds is 5. The third kappa shape index (κ3) is 2.99. The lowest BCUT2D eigenvalue weighted by atomic mass is 9.75. The van der Waals surface area contributed by atoms with Gasteiger partial charge in [0.1, 0.15) is 11.5 Å². The highest BCUT2D eigenvalue weighted by Gasteiger charge is 2.53. The summed E-state index contributed by atoms with van der Waals surface area (Å²) in [6.45, 7) is 4.62. The highest BCUT2D eigenvalue weighted by molar-refractivity contribution is 5.35. The second-order valence-corrected chi connectivity index (χ2v) is 8.48. The van der Waals surface area contributed by atoms with Crippen molar-refractivity contribution in [1.29, 1.82) is 0 Å². The van der Waals surface area contributed by atoms with Crippen LogP contribution in [0.1, 0.15) is 29.9 Å². The van der Waals surface area contributed by atoms with Crippen molar-refractivity contribution in [1.82, 2.24) is 9.80 Å². The Morgan fingerprint density at radius 2 is 1.64 bits per heavy atom. The van der Waals surface area contributed by atoms with E-state index in [1.54, 1.807) is 14.2 Å². The summed E-state index contributed by atoms with van der Waals surface area (Å²) in [6.07, 6.45) is 2.69. The summed E-state index contributed by atoms with van der Waals surface area (Å²) in [5.74, 6) is 3.34. The summed E-state index contributed by atoms with van der Waals surface area (Å²) in [4.78, 5) is 5.51. The Kier molecular flexibility index (Phi) is 4.77. The van der Waals surface area contributed by atoms with E-state index in [0.717, 1.165) is 30.5 Å². The smallest absolute Gasteiger partial charge is 0.123 e. The topological polar surface area (TPSA) is 24.9 Å². The van der Waals surface area contributed by atoms with E-state index in [4.69, 9.17) is 9.47 Å². The average molecular weight is 379 g/mol. The highest BCUT2D eigenvalue weighted by atomic mass is 16.5. The Hall–Kier alpha value is -2.04. The molecule has 0 N–H and O–H groups in total. The predicted octanol–water partition coefficient (Wildman–Crippen LogP) is 3.77. The highest BCUT2D eigenvalue weighted by Crippen LogP contribution is 2.47. The second-order valence-electron chi connectivity index (χ2n) is 8.48. The third-order valence-corrected chi connectivity index (χ3v) is 7.20. The minimum absolute atomic E-state index is 0.564. The zero-order valence-electron chi connectivity index (χ0n) is 16.9. The van der Waals surface area contributed by atoms with E-state index in [1.807, 2.05) is 0 Å². The van der Waals surface area contributed by atoms with Gasteiger partial charge in [0.2, 0.25) is 0 Å². The first-order chi connectivity index (χ1) is 13.8. The van der Waals surface area contributed by atoms with E-state index in [0.29, 0.717) is 18.0 Å². The van der Waals surface area contributed by atoms with Crippen molar-refractivity contribution in [3.63, 3.8) is 0 Å². The van der Waals surface area contributed by atoms with Crippen molar-refractivity contribution in [2.45, 2.75) is 37.4 Å². The zero-order valence-corrected chi connectivity index (χ0v) is 16.9. The van der Waals surface area contributed by atoms with Gasteiger partial charge in [0.25, 0.3) is 0 Å². The summed E-state index contributed by atoms with van der Waals surface area (Å²) in [5.41, 5.74) is 2.75. The molecule has 148 valence electrons. The molecule has 0 aliphatic carbocycles. The van der Waals surface area contributed by atoms with Crippen LogP contribution in [-0.4, -0.2) is 55.7 Å². The fourth-order valence-electron chi connectivity index (χ4n) is 5.92. The molecule has 4 aliphatic rings. The van der Waals surface area contributed by atoms with E-state index in [2.05, 4.69) is 58.3 Å². The molecule has 0 spiro atoms. The molecular weight excluding hydrogens is 348 g/mol.